The molecule has 0 atom stereocenters. The maximum absolute atomic E-state index is 11.1. The molecule has 0 aliphatic heterocycles. The molecule has 1 aliphatic rings. The Bertz CT molecular complexity index is 160. The number of nitrogens with zero attached hydrogens (tertiary/aromatic N) is 1. The molecule has 76 valence electrons. The van der Waals surface area contributed by atoms with Crippen LogP contribution in [0, 0.1) is 5.92 Å². The van der Waals surface area contributed by atoms with Gasteiger partial charge in [-0.3, -0.25) is 4.79 Å². The van der Waals surface area contributed by atoms with Crippen molar-refractivity contribution in [3.05, 3.63) is 0 Å². The summed E-state index contributed by atoms with van der Waals surface area (Å²) < 4.78 is 0. The van der Waals surface area contributed by atoms with E-state index in [0.29, 0.717) is 0 Å². The maximum atomic E-state index is 11.1. The Labute approximate surface area is 79.8 Å². The Kier molecular flexibility index (Phi) is 7.26. The van der Waals surface area contributed by atoms with Crippen LogP contribution >= 0.6 is 0 Å². The van der Waals surface area contributed by atoms with E-state index < -0.39 is 0 Å². The first-order chi connectivity index (χ1) is 6.34. The Hall–Kier alpha value is -0.860. The van der Waals surface area contributed by atoms with Gasteiger partial charge in [0.1, 0.15) is 6.21 Å². The molecule has 0 aromatic rings. The normalized spacial score (nSPS) is 18.0. The summed E-state index contributed by atoms with van der Waals surface area (Å²) in [7, 11) is 0. The molecule has 3 heteroatoms. The van der Waals surface area contributed by atoms with E-state index in [-0.39, 0.29) is 11.7 Å². The molecular formula is C10H19NO2. The lowest BCUT2D eigenvalue weighted by molar-refractivity contribution is -0.117. The van der Waals surface area contributed by atoms with Crippen LogP contribution < -0.4 is 0 Å². The first-order valence-electron chi connectivity index (χ1n) is 5.06. The van der Waals surface area contributed by atoms with Gasteiger partial charge in [0.25, 0.3) is 0 Å². The molecule has 1 aliphatic carbocycles. The number of hydrogen-bond donors (Lipinski definition) is 1. The van der Waals surface area contributed by atoms with Crippen LogP contribution in [0.2, 0.25) is 0 Å². The van der Waals surface area contributed by atoms with Gasteiger partial charge in [-0.2, -0.15) is 0 Å². The van der Waals surface area contributed by atoms with Crippen LogP contribution in [0.5, 0.6) is 0 Å². The highest BCUT2D eigenvalue weighted by Crippen LogP contribution is 2.23. The highest BCUT2D eigenvalue weighted by atomic mass is 16.4. The Balaban J connectivity index is 0.000000671. The third kappa shape index (κ3) is 4.65. The minimum Gasteiger partial charge on any atom is -0.411 e. The van der Waals surface area contributed by atoms with E-state index in [2.05, 4.69) is 5.16 Å². The van der Waals surface area contributed by atoms with E-state index in [0.717, 1.165) is 31.9 Å². The van der Waals surface area contributed by atoms with Gasteiger partial charge in [0, 0.05) is 5.92 Å². The standard InChI is InChI=1S/C8H13NO2.C2H6/c10-8(6-9-11)7-4-2-1-3-5-7;1-2/h6-7,11H,1-5H2;1-2H3. The Morgan fingerprint density at radius 1 is 1.31 bits per heavy atom. The summed E-state index contributed by atoms with van der Waals surface area (Å²) in [6.45, 7) is 4.00. The topological polar surface area (TPSA) is 49.7 Å². The van der Waals surface area contributed by atoms with Crippen molar-refractivity contribution in [3.63, 3.8) is 0 Å². The molecule has 0 saturated heterocycles. The molecule has 13 heavy (non-hydrogen) atoms. The molecule has 0 heterocycles. The molecule has 0 bridgehead atoms. The van der Waals surface area contributed by atoms with E-state index in [1.54, 1.807) is 0 Å². The molecule has 1 fully saturated rings. The van der Waals surface area contributed by atoms with Crippen molar-refractivity contribution in [2.24, 2.45) is 11.1 Å². The quantitative estimate of drug-likeness (QED) is 0.408. The summed E-state index contributed by atoms with van der Waals surface area (Å²) in [6, 6.07) is 0. The fraction of sp³-hybridized carbons (Fsp3) is 0.800. The van der Waals surface area contributed by atoms with Gasteiger partial charge in [0.15, 0.2) is 5.78 Å². The van der Waals surface area contributed by atoms with Gasteiger partial charge < -0.3 is 5.21 Å². The summed E-state index contributed by atoms with van der Waals surface area (Å²) in [6.07, 6.45) is 6.46. The largest absolute Gasteiger partial charge is 0.411 e. The number of carbonyl (C=O) groups excluding carboxylic acids is 1. The van der Waals surface area contributed by atoms with Crippen molar-refractivity contribution in [2.45, 2.75) is 46.0 Å². The smallest absolute Gasteiger partial charge is 0.180 e. The zero-order valence-electron chi connectivity index (χ0n) is 8.49. The van der Waals surface area contributed by atoms with Crippen molar-refractivity contribution in [1.82, 2.24) is 0 Å². The Morgan fingerprint density at radius 2 is 1.85 bits per heavy atom. The van der Waals surface area contributed by atoms with Crippen LogP contribution in [0.25, 0.3) is 0 Å². The lowest BCUT2D eigenvalue weighted by atomic mass is 9.87. The van der Waals surface area contributed by atoms with Crippen LogP contribution in [-0.2, 0) is 4.79 Å². The molecule has 1 rings (SSSR count). The molecule has 0 radical (unpaired) electrons. The Morgan fingerprint density at radius 3 is 2.31 bits per heavy atom. The van der Waals surface area contributed by atoms with E-state index in [1.165, 1.54) is 6.42 Å². The molecule has 0 amide bonds. The third-order valence-electron chi connectivity index (χ3n) is 2.19. The van der Waals surface area contributed by atoms with Crippen LogP contribution in [0.15, 0.2) is 5.16 Å². The fourth-order valence-corrected chi connectivity index (χ4v) is 1.55. The van der Waals surface area contributed by atoms with Crippen molar-refractivity contribution in [2.75, 3.05) is 0 Å². The molecule has 0 aromatic carbocycles. The van der Waals surface area contributed by atoms with Gasteiger partial charge in [-0.25, -0.2) is 0 Å². The highest BCUT2D eigenvalue weighted by molar-refractivity contribution is 6.28. The minimum absolute atomic E-state index is 0.0211. The van der Waals surface area contributed by atoms with Crippen LogP contribution in [0.4, 0.5) is 0 Å². The lowest BCUT2D eigenvalue weighted by Crippen LogP contribution is -2.18. The predicted molar refractivity (Wildman–Crippen MR) is 53.2 cm³/mol. The average Bonchev–Trinajstić information content (AvgIpc) is 2.23. The van der Waals surface area contributed by atoms with Gasteiger partial charge >= 0.3 is 0 Å². The van der Waals surface area contributed by atoms with Gasteiger partial charge in [0.05, 0.1) is 0 Å². The fourth-order valence-electron chi connectivity index (χ4n) is 1.55. The number of hydrogen-bond acceptors (Lipinski definition) is 3. The van der Waals surface area contributed by atoms with Gasteiger partial charge in [-0.1, -0.05) is 38.3 Å². The summed E-state index contributed by atoms with van der Waals surface area (Å²) in [5.41, 5.74) is 0. The minimum atomic E-state index is -0.0211. The van der Waals surface area contributed by atoms with Gasteiger partial charge in [0.2, 0.25) is 0 Å². The van der Waals surface area contributed by atoms with E-state index in [4.69, 9.17) is 5.21 Å². The van der Waals surface area contributed by atoms with Crippen molar-refractivity contribution < 1.29 is 10.0 Å². The first kappa shape index (κ1) is 12.1. The SMILES string of the molecule is CC.O=C(C=NO)C1CCCCC1. The van der Waals surface area contributed by atoms with Crippen LogP contribution in [0.1, 0.15) is 46.0 Å². The number of rotatable bonds is 2. The van der Waals surface area contributed by atoms with Gasteiger partial charge in [-0.15, -0.1) is 0 Å². The lowest BCUT2D eigenvalue weighted by Gasteiger charge is -2.17. The second-order valence-corrected chi connectivity index (χ2v) is 2.98. The summed E-state index contributed by atoms with van der Waals surface area (Å²) in [4.78, 5) is 11.1. The first-order valence-corrected chi connectivity index (χ1v) is 5.06. The second kappa shape index (κ2) is 7.77. The zero-order chi connectivity index (χ0) is 10.1. The number of Topliss-reactive ketones (excluding diaryl/α,β-unsaturated/α-hetero) is 1. The number of carbonyl (C=O) groups is 1. The molecule has 3 nitrogen and oxygen atoms in total. The summed E-state index contributed by atoms with van der Waals surface area (Å²) in [5.74, 6) is 0.104. The second-order valence-electron chi connectivity index (χ2n) is 2.98. The zero-order valence-corrected chi connectivity index (χ0v) is 8.49. The molecule has 0 unspecified atom stereocenters. The monoisotopic (exact) mass is 185 g/mol. The molecule has 1 N–H and O–H groups in total. The molecule has 0 aromatic heterocycles. The molecular weight excluding hydrogens is 166 g/mol. The predicted octanol–water partition coefficient (Wildman–Crippen LogP) is 2.62. The number of ketones is 1. The van der Waals surface area contributed by atoms with Crippen LogP contribution in [-0.4, -0.2) is 17.2 Å². The van der Waals surface area contributed by atoms with Crippen LogP contribution in [0.3, 0.4) is 0 Å². The van der Waals surface area contributed by atoms with Crippen molar-refractivity contribution in [1.29, 1.82) is 0 Å². The number of oxime groups is 1. The van der Waals surface area contributed by atoms with Crippen molar-refractivity contribution in [3.8, 4) is 0 Å². The molecule has 0 spiro atoms. The third-order valence-corrected chi connectivity index (χ3v) is 2.19. The highest BCUT2D eigenvalue weighted by Gasteiger charge is 2.19. The summed E-state index contributed by atoms with van der Waals surface area (Å²) >= 11 is 0. The van der Waals surface area contributed by atoms with E-state index >= 15 is 0 Å². The summed E-state index contributed by atoms with van der Waals surface area (Å²) in [5, 5.41) is 10.9. The van der Waals surface area contributed by atoms with E-state index in [9.17, 15) is 4.79 Å². The maximum Gasteiger partial charge on any atom is 0.180 e. The van der Waals surface area contributed by atoms with Crippen molar-refractivity contribution >= 4 is 12.0 Å². The average molecular weight is 185 g/mol. The van der Waals surface area contributed by atoms with E-state index in [1.807, 2.05) is 13.8 Å². The molecule has 1 saturated carbocycles. The van der Waals surface area contributed by atoms with Gasteiger partial charge in [-0.05, 0) is 12.8 Å².